The standard InChI is InChI=1S/C6H10O3/c1-2-9-5-3-4(5)6(7)8/h4-5H,2-3H2,1H3,(H,7,8)/t4-,5+/m1/s1. The van der Waals surface area contributed by atoms with Gasteiger partial charge in [-0.25, -0.2) is 0 Å². The molecule has 2 atom stereocenters. The summed E-state index contributed by atoms with van der Waals surface area (Å²) < 4.78 is 5.05. The summed E-state index contributed by atoms with van der Waals surface area (Å²) in [5, 5.41) is 8.37. The van der Waals surface area contributed by atoms with Crippen LogP contribution in [0.2, 0.25) is 0 Å². The number of hydrogen-bond acceptors (Lipinski definition) is 2. The number of hydrogen-bond donors (Lipinski definition) is 1. The van der Waals surface area contributed by atoms with E-state index in [0.29, 0.717) is 13.0 Å². The lowest BCUT2D eigenvalue weighted by Crippen LogP contribution is -2.04. The Bertz CT molecular complexity index is 121. The third-order valence-corrected chi connectivity index (χ3v) is 1.43. The Balaban J connectivity index is 2.17. The number of carboxylic acid groups (broad SMARTS) is 1. The topological polar surface area (TPSA) is 46.5 Å². The molecule has 0 spiro atoms. The van der Waals surface area contributed by atoms with Crippen LogP contribution in [0.3, 0.4) is 0 Å². The number of aliphatic carboxylic acids is 1. The first-order valence-corrected chi connectivity index (χ1v) is 3.10. The van der Waals surface area contributed by atoms with Crippen molar-refractivity contribution in [3.05, 3.63) is 0 Å². The van der Waals surface area contributed by atoms with Crippen molar-refractivity contribution in [3.63, 3.8) is 0 Å². The van der Waals surface area contributed by atoms with Crippen molar-refractivity contribution >= 4 is 5.97 Å². The van der Waals surface area contributed by atoms with Crippen LogP contribution in [-0.4, -0.2) is 23.8 Å². The maximum atomic E-state index is 10.2. The SMILES string of the molecule is CCO[C@H]1C[C@H]1C(=O)O. The summed E-state index contributed by atoms with van der Waals surface area (Å²) in [6.07, 6.45) is 0.705. The molecule has 1 fully saturated rings. The van der Waals surface area contributed by atoms with Crippen LogP contribution in [0, 0.1) is 5.92 Å². The molecule has 0 aliphatic heterocycles. The first-order chi connectivity index (χ1) is 4.25. The summed E-state index contributed by atoms with van der Waals surface area (Å²) in [4.78, 5) is 10.2. The predicted molar refractivity (Wildman–Crippen MR) is 31.2 cm³/mol. The number of ether oxygens (including phenoxy) is 1. The number of rotatable bonds is 3. The third kappa shape index (κ3) is 1.42. The second kappa shape index (κ2) is 2.35. The molecule has 0 aromatic carbocycles. The van der Waals surface area contributed by atoms with Gasteiger partial charge < -0.3 is 9.84 Å². The van der Waals surface area contributed by atoms with E-state index in [2.05, 4.69) is 0 Å². The number of carbonyl (C=O) groups is 1. The van der Waals surface area contributed by atoms with E-state index in [1.54, 1.807) is 0 Å². The average Bonchev–Trinajstić information content (AvgIpc) is 2.47. The lowest BCUT2D eigenvalue weighted by molar-refractivity contribution is -0.139. The van der Waals surface area contributed by atoms with Crippen LogP contribution >= 0.6 is 0 Å². The average molecular weight is 130 g/mol. The minimum absolute atomic E-state index is 0.00694. The minimum Gasteiger partial charge on any atom is -0.481 e. The molecule has 1 aliphatic carbocycles. The van der Waals surface area contributed by atoms with Crippen molar-refractivity contribution in [2.45, 2.75) is 19.4 Å². The zero-order chi connectivity index (χ0) is 6.85. The highest BCUT2D eigenvalue weighted by Gasteiger charge is 2.43. The van der Waals surface area contributed by atoms with E-state index in [1.165, 1.54) is 0 Å². The maximum Gasteiger partial charge on any atom is 0.309 e. The van der Waals surface area contributed by atoms with Crippen LogP contribution < -0.4 is 0 Å². The van der Waals surface area contributed by atoms with Crippen molar-refractivity contribution < 1.29 is 14.6 Å². The summed E-state index contributed by atoms with van der Waals surface area (Å²) in [5.74, 6) is -0.946. The van der Waals surface area contributed by atoms with Crippen LogP contribution in [0.25, 0.3) is 0 Å². The maximum absolute atomic E-state index is 10.2. The van der Waals surface area contributed by atoms with E-state index in [-0.39, 0.29) is 12.0 Å². The summed E-state index contributed by atoms with van der Waals surface area (Å²) in [6.45, 7) is 2.49. The van der Waals surface area contributed by atoms with Crippen LogP contribution in [0.15, 0.2) is 0 Å². The molecular formula is C6H10O3. The van der Waals surface area contributed by atoms with Crippen LogP contribution in [0.1, 0.15) is 13.3 Å². The first kappa shape index (κ1) is 6.55. The van der Waals surface area contributed by atoms with Gasteiger partial charge in [0.15, 0.2) is 0 Å². The van der Waals surface area contributed by atoms with Crippen molar-refractivity contribution in [2.24, 2.45) is 5.92 Å². The van der Waals surface area contributed by atoms with E-state index in [0.717, 1.165) is 0 Å². The number of carboxylic acids is 1. The van der Waals surface area contributed by atoms with Crippen molar-refractivity contribution in [1.29, 1.82) is 0 Å². The molecular weight excluding hydrogens is 120 g/mol. The van der Waals surface area contributed by atoms with E-state index in [9.17, 15) is 4.79 Å². The van der Waals surface area contributed by atoms with Gasteiger partial charge in [0.25, 0.3) is 0 Å². The minimum atomic E-state index is -0.728. The lowest BCUT2D eigenvalue weighted by atomic mass is 10.4. The molecule has 0 amide bonds. The van der Waals surface area contributed by atoms with Gasteiger partial charge in [-0.1, -0.05) is 0 Å². The van der Waals surface area contributed by atoms with Gasteiger partial charge in [0.1, 0.15) is 0 Å². The van der Waals surface area contributed by atoms with Crippen LogP contribution in [0.4, 0.5) is 0 Å². The van der Waals surface area contributed by atoms with Crippen LogP contribution in [0.5, 0.6) is 0 Å². The molecule has 0 aromatic heterocycles. The van der Waals surface area contributed by atoms with E-state index in [4.69, 9.17) is 9.84 Å². The Morgan fingerprint density at radius 2 is 2.56 bits per heavy atom. The van der Waals surface area contributed by atoms with Crippen molar-refractivity contribution in [3.8, 4) is 0 Å². The first-order valence-electron chi connectivity index (χ1n) is 3.10. The zero-order valence-corrected chi connectivity index (χ0v) is 5.33. The van der Waals surface area contributed by atoms with Crippen molar-refractivity contribution in [1.82, 2.24) is 0 Å². The smallest absolute Gasteiger partial charge is 0.309 e. The summed E-state index contributed by atoms with van der Waals surface area (Å²) in [6, 6.07) is 0. The largest absolute Gasteiger partial charge is 0.481 e. The molecule has 0 radical (unpaired) electrons. The summed E-state index contributed by atoms with van der Waals surface area (Å²) in [7, 11) is 0. The van der Waals surface area contributed by atoms with Gasteiger partial charge in [0, 0.05) is 6.61 Å². The molecule has 0 saturated heterocycles. The van der Waals surface area contributed by atoms with E-state index in [1.807, 2.05) is 6.92 Å². The van der Waals surface area contributed by atoms with E-state index < -0.39 is 5.97 Å². The Hall–Kier alpha value is -0.570. The molecule has 9 heavy (non-hydrogen) atoms. The Morgan fingerprint density at radius 1 is 1.89 bits per heavy atom. The van der Waals surface area contributed by atoms with Gasteiger partial charge in [-0.3, -0.25) is 4.79 Å². The highest BCUT2D eigenvalue weighted by Crippen LogP contribution is 2.33. The normalized spacial score (nSPS) is 32.1. The molecule has 0 bridgehead atoms. The van der Waals surface area contributed by atoms with E-state index >= 15 is 0 Å². The molecule has 0 heterocycles. The molecule has 1 aliphatic rings. The molecule has 0 unspecified atom stereocenters. The Kier molecular flexibility index (Phi) is 1.71. The molecule has 0 aromatic rings. The fraction of sp³-hybridized carbons (Fsp3) is 0.833. The molecule has 1 rings (SSSR count). The van der Waals surface area contributed by atoms with Gasteiger partial charge in [0.2, 0.25) is 0 Å². The Labute approximate surface area is 53.6 Å². The van der Waals surface area contributed by atoms with Gasteiger partial charge in [-0.2, -0.15) is 0 Å². The van der Waals surface area contributed by atoms with Gasteiger partial charge in [0.05, 0.1) is 12.0 Å². The summed E-state index contributed by atoms with van der Waals surface area (Å²) in [5.41, 5.74) is 0. The fourth-order valence-corrected chi connectivity index (χ4v) is 0.830. The molecule has 3 nitrogen and oxygen atoms in total. The third-order valence-electron chi connectivity index (χ3n) is 1.43. The quantitative estimate of drug-likeness (QED) is 0.605. The van der Waals surface area contributed by atoms with Gasteiger partial charge in [-0.05, 0) is 13.3 Å². The lowest BCUT2D eigenvalue weighted by Gasteiger charge is -1.93. The second-order valence-electron chi connectivity index (χ2n) is 2.17. The summed E-state index contributed by atoms with van der Waals surface area (Å²) >= 11 is 0. The molecule has 3 heteroatoms. The van der Waals surface area contributed by atoms with Gasteiger partial charge in [-0.15, -0.1) is 0 Å². The monoisotopic (exact) mass is 130 g/mol. The highest BCUT2D eigenvalue weighted by atomic mass is 16.5. The predicted octanol–water partition coefficient (Wildman–Crippen LogP) is 0.496. The molecule has 1 saturated carbocycles. The molecule has 52 valence electrons. The fourth-order valence-electron chi connectivity index (χ4n) is 0.830. The second-order valence-corrected chi connectivity index (χ2v) is 2.17. The molecule has 1 N–H and O–H groups in total. The Morgan fingerprint density at radius 3 is 2.89 bits per heavy atom. The van der Waals surface area contributed by atoms with Crippen molar-refractivity contribution in [2.75, 3.05) is 6.61 Å². The van der Waals surface area contributed by atoms with Crippen LogP contribution in [-0.2, 0) is 9.53 Å². The zero-order valence-electron chi connectivity index (χ0n) is 5.33. The highest BCUT2D eigenvalue weighted by molar-refractivity contribution is 5.74. The van der Waals surface area contributed by atoms with Gasteiger partial charge >= 0.3 is 5.97 Å².